The Kier molecular flexibility index (Phi) is 5.57. The van der Waals surface area contributed by atoms with Gasteiger partial charge in [-0.3, -0.25) is 4.79 Å². The third-order valence-corrected chi connectivity index (χ3v) is 2.34. The van der Waals surface area contributed by atoms with Gasteiger partial charge in [0.25, 0.3) is 0 Å². The topological polar surface area (TPSA) is 52.3 Å². The zero-order chi connectivity index (χ0) is 11.8. The molecule has 1 rings (SSSR count). The number of hydrogen-bond donors (Lipinski definition) is 1. The molecule has 0 saturated heterocycles. The van der Waals surface area contributed by atoms with Crippen molar-refractivity contribution in [1.29, 1.82) is 0 Å². The molecular weight excluding hydrogens is 202 g/mol. The van der Waals surface area contributed by atoms with Crippen LogP contribution in [0.4, 0.5) is 0 Å². The molecule has 0 radical (unpaired) electrons. The number of carbonyl (C=O) groups excluding carboxylic acids is 1. The first-order valence-electron chi connectivity index (χ1n) is 5.69. The molecule has 0 aliphatic carbocycles. The fourth-order valence-electron chi connectivity index (χ4n) is 1.38. The first-order chi connectivity index (χ1) is 7.76. The molecule has 0 amide bonds. The maximum Gasteiger partial charge on any atom is 0.306 e. The van der Waals surface area contributed by atoms with Gasteiger partial charge in [0.15, 0.2) is 0 Å². The predicted octanol–water partition coefficient (Wildman–Crippen LogP) is 2.03. The summed E-state index contributed by atoms with van der Waals surface area (Å²) in [6, 6.07) is 8.00. The highest BCUT2D eigenvalue weighted by Crippen LogP contribution is 2.06. The van der Waals surface area contributed by atoms with Crippen molar-refractivity contribution < 1.29 is 9.53 Å². The molecule has 0 spiro atoms. The van der Waals surface area contributed by atoms with Crippen LogP contribution in [-0.2, 0) is 22.5 Å². The van der Waals surface area contributed by atoms with Gasteiger partial charge in [0.1, 0.15) is 0 Å². The Labute approximate surface area is 96.6 Å². The summed E-state index contributed by atoms with van der Waals surface area (Å²) in [6.07, 6.45) is 2.05. The summed E-state index contributed by atoms with van der Waals surface area (Å²) < 4.78 is 5.00. The van der Waals surface area contributed by atoms with Crippen molar-refractivity contribution in [3.8, 4) is 0 Å². The number of carbonyl (C=O) groups is 1. The second-order valence-corrected chi connectivity index (χ2v) is 3.74. The summed E-state index contributed by atoms with van der Waals surface area (Å²) in [4.78, 5) is 11.3. The molecule has 0 aliphatic rings. The molecule has 0 atom stereocenters. The van der Waals surface area contributed by atoms with Crippen LogP contribution in [0.25, 0.3) is 0 Å². The molecule has 0 bridgehead atoms. The monoisotopic (exact) mass is 221 g/mol. The Morgan fingerprint density at radius 2 is 1.88 bits per heavy atom. The predicted molar refractivity (Wildman–Crippen MR) is 63.9 cm³/mol. The molecule has 88 valence electrons. The summed E-state index contributed by atoms with van der Waals surface area (Å²) in [5.74, 6) is -0.121. The van der Waals surface area contributed by atoms with E-state index in [0.29, 0.717) is 19.6 Å². The van der Waals surface area contributed by atoms with Crippen molar-refractivity contribution >= 4 is 5.97 Å². The van der Waals surface area contributed by atoms with Crippen LogP contribution in [0, 0.1) is 0 Å². The fourth-order valence-corrected chi connectivity index (χ4v) is 1.38. The first kappa shape index (κ1) is 12.7. The molecule has 0 heterocycles. The van der Waals surface area contributed by atoms with Crippen LogP contribution >= 0.6 is 0 Å². The summed E-state index contributed by atoms with van der Waals surface area (Å²) >= 11 is 0. The lowest BCUT2D eigenvalue weighted by Gasteiger charge is -2.04. The van der Waals surface area contributed by atoms with Gasteiger partial charge < -0.3 is 10.5 Å². The minimum Gasteiger partial charge on any atom is -0.466 e. The molecule has 3 heteroatoms. The van der Waals surface area contributed by atoms with Crippen molar-refractivity contribution in [2.24, 2.45) is 5.73 Å². The number of rotatable bonds is 6. The minimum absolute atomic E-state index is 0.121. The maximum atomic E-state index is 11.3. The Balaban J connectivity index is 2.33. The molecule has 0 aliphatic heterocycles. The minimum atomic E-state index is -0.121. The molecule has 16 heavy (non-hydrogen) atoms. The smallest absolute Gasteiger partial charge is 0.306 e. The van der Waals surface area contributed by atoms with Gasteiger partial charge in [0, 0.05) is 13.0 Å². The summed E-state index contributed by atoms with van der Waals surface area (Å²) in [5, 5.41) is 0. The van der Waals surface area contributed by atoms with E-state index in [1.807, 2.05) is 31.2 Å². The Morgan fingerprint density at radius 3 is 2.44 bits per heavy atom. The van der Waals surface area contributed by atoms with Crippen LogP contribution in [-0.4, -0.2) is 12.6 Å². The highest BCUT2D eigenvalue weighted by molar-refractivity contribution is 5.69. The van der Waals surface area contributed by atoms with Crippen molar-refractivity contribution in [2.75, 3.05) is 6.61 Å². The van der Waals surface area contributed by atoms with Crippen LogP contribution in [0.3, 0.4) is 0 Å². The van der Waals surface area contributed by atoms with Crippen LogP contribution < -0.4 is 5.73 Å². The second-order valence-electron chi connectivity index (χ2n) is 3.74. The largest absolute Gasteiger partial charge is 0.466 e. The second kappa shape index (κ2) is 7.01. The zero-order valence-corrected chi connectivity index (χ0v) is 9.74. The highest BCUT2D eigenvalue weighted by atomic mass is 16.5. The van der Waals surface area contributed by atoms with Gasteiger partial charge in [-0.15, -0.1) is 0 Å². The number of ether oxygens (including phenoxy) is 1. The van der Waals surface area contributed by atoms with Gasteiger partial charge in [0.05, 0.1) is 6.61 Å². The standard InChI is InChI=1S/C13H19NO2/c1-2-9-16-13(15)8-7-11-3-5-12(10-14)6-4-11/h3-6H,2,7-10,14H2,1H3. The number of esters is 1. The number of aryl methyl sites for hydroxylation is 1. The molecule has 0 aromatic heterocycles. The van der Waals surface area contributed by atoms with E-state index < -0.39 is 0 Å². The van der Waals surface area contributed by atoms with E-state index in [1.165, 1.54) is 0 Å². The number of nitrogens with two attached hydrogens (primary N) is 1. The van der Waals surface area contributed by atoms with Gasteiger partial charge in [-0.2, -0.15) is 0 Å². The van der Waals surface area contributed by atoms with Crippen LogP contribution in [0.15, 0.2) is 24.3 Å². The molecule has 0 fully saturated rings. The molecule has 0 saturated carbocycles. The van der Waals surface area contributed by atoms with E-state index in [4.69, 9.17) is 10.5 Å². The van der Waals surface area contributed by atoms with Crippen molar-refractivity contribution in [2.45, 2.75) is 32.7 Å². The van der Waals surface area contributed by atoms with E-state index in [2.05, 4.69) is 0 Å². The Morgan fingerprint density at radius 1 is 1.25 bits per heavy atom. The van der Waals surface area contributed by atoms with Crippen molar-refractivity contribution in [3.63, 3.8) is 0 Å². The third-order valence-electron chi connectivity index (χ3n) is 2.34. The van der Waals surface area contributed by atoms with E-state index in [0.717, 1.165) is 24.0 Å². The van der Waals surface area contributed by atoms with Crippen molar-refractivity contribution in [3.05, 3.63) is 35.4 Å². The normalized spacial score (nSPS) is 10.1. The van der Waals surface area contributed by atoms with Gasteiger partial charge in [-0.25, -0.2) is 0 Å². The van der Waals surface area contributed by atoms with Gasteiger partial charge in [-0.05, 0) is 24.0 Å². The van der Waals surface area contributed by atoms with E-state index in [9.17, 15) is 4.79 Å². The molecular formula is C13H19NO2. The Hall–Kier alpha value is -1.35. The fraction of sp³-hybridized carbons (Fsp3) is 0.462. The molecule has 0 unspecified atom stereocenters. The SMILES string of the molecule is CCCOC(=O)CCc1ccc(CN)cc1. The summed E-state index contributed by atoms with van der Waals surface area (Å²) in [6.45, 7) is 3.06. The maximum absolute atomic E-state index is 11.3. The van der Waals surface area contributed by atoms with Gasteiger partial charge in [0.2, 0.25) is 0 Å². The lowest BCUT2D eigenvalue weighted by atomic mass is 10.1. The number of hydrogen-bond acceptors (Lipinski definition) is 3. The van der Waals surface area contributed by atoms with E-state index in [-0.39, 0.29) is 5.97 Å². The molecule has 1 aromatic carbocycles. The van der Waals surface area contributed by atoms with Crippen LogP contribution in [0.5, 0.6) is 0 Å². The lowest BCUT2D eigenvalue weighted by Crippen LogP contribution is -2.06. The first-order valence-corrected chi connectivity index (χ1v) is 5.69. The summed E-state index contributed by atoms with van der Waals surface area (Å²) in [5.41, 5.74) is 7.76. The van der Waals surface area contributed by atoms with Gasteiger partial charge >= 0.3 is 5.97 Å². The van der Waals surface area contributed by atoms with Crippen LogP contribution in [0.1, 0.15) is 30.9 Å². The Bertz CT molecular complexity index is 319. The molecule has 3 nitrogen and oxygen atoms in total. The lowest BCUT2D eigenvalue weighted by molar-refractivity contribution is -0.143. The zero-order valence-electron chi connectivity index (χ0n) is 9.74. The third kappa shape index (κ3) is 4.45. The number of benzene rings is 1. The average molecular weight is 221 g/mol. The quantitative estimate of drug-likeness (QED) is 0.748. The van der Waals surface area contributed by atoms with Crippen LogP contribution in [0.2, 0.25) is 0 Å². The van der Waals surface area contributed by atoms with E-state index >= 15 is 0 Å². The average Bonchev–Trinajstić information content (AvgIpc) is 2.34. The molecule has 2 N–H and O–H groups in total. The van der Waals surface area contributed by atoms with E-state index in [1.54, 1.807) is 0 Å². The highest BCUT2D eigenvalue weighted by Gasteiger charge is 2.02. The molecule has 1 aromatic rings. The van der Waals surface area contributed by atoms with Crippen molar-refractivity contribution in [1.82, 2.24) is 0 Å². The summed E-state index contributed by atoms with van der Waals surface area (Å²) in [7, 11) is 0. The van der Waals surface area contributed by atoms with Gasteiger partial charge in [-0.1, -0.05) is 31.2 Å².